The minimum absolute atomic E-state index is 0.194. The average molecular weight is 222 g/mol. The molecule has 0 heterocycles. The predicted molar refractivity (Wildman–Crippen MR) is 36.9 cm³/mol. The molecule has 0 aliphatic carbocycles. The summed E-state index contributed by atoms with van der Waals surface area (Å²) in [5.74, 6) is 0.304. The standard InChI is InChI=1S/C5H7F4O3P/c1-11-13(10,3-2-6)12-4-5(7,8)9/h2-3H,4H2,1H3. The molecular weight excluding hydrogens is 215 g/mol. The molecule has 0 aliphatic rings. The zero-order chi connectivity index (χ0) is 10.5. The van der Waals surface area contributed by atoms with Crippen molar-refractivity contribution in [2.45, 2.75) is 6.18 Å². The zero-order valence-electron chi connectivity index (χ0n) is 6.55. The molecule has 8 heteroatoms. The van der Waals surface area contributed by atoms with E-state index in [1.807, 2.05) is 0 Å². The molecule has 13 heavy (non-hydrogen) atoms. The second-order valence-electron chi connectivity index (χ2n) is 1.89. The van der Waals surface area contributed by atoms with Crippen LogP contribution in [0, 0.1) is 0 Å². The van der Waals surface area contributed by atoms with Gasteiger partial charge < -0.3 is 4.52 Å². The third-order valence-electron chi connectivity index (χ3n) is 0.902. The summed E-state index contributed by atoms with van der Waals surface area (Å²) in [6, 6.07) is 0. The molecule has 0 bridgehead atoms. The highest BCUT2D eigenvalue weighted by atomic mass is 31.2. The normalized spacial score (nSPS) is 17.6. The van der Waals surface area contributed by atoms with Gasteiger partial charge in [-0.05, 0) is 0 Å². The molecule has 0 aromatic rings. The highest BCUT2D eigenvalue weighted by Gasteiger charge is 2.32. The van der Waals surface area contributed by atoms with Crippen molar-refractivity contribution in [3.05, 3.63) is 12.1 Å². The van der Waals surface area contributed by atoms with E-state index in [1.54, 1.807) is 0 Å². The summed E-state index contributed by atoms with van der Waals surface area (Å²) in [6.07, 6.45) is -4.82. The largest absolute Gasteiger partial charge is 0.412 e. The molecule has 0 radical (unpaired) electrons. The van der Waals surface area contributed by atoms with Crippen molar-refractivity contribution in [3.8, 4) is 0 Å². The zero-order valence-corrected chi connectivity index (χ0v) is 7.44. The van der Waals surface area contributed by atoms with E-state index in [0.717, 1.165) is 7.11 Å². The van der Waals surface area contributed by atoms with Crippen molar-refractivity contribution < 1.29 is 31.2 Å². The van der Waals surface area contributed by atoms with Gasteiger partial charge in [0.15, 0.2) is 6.61 Å². The van der Waals surface area contributed by atoms with E-state index >= 15 is 0 Å². The summed E-state index contributed by atoms with van der Waals surface area (Å²) in [7, 11) is -3.21. The summed E-state index contributed by atoms with van der Waals surface area (Å²) < 4.78 is 65.0. The van der Waals surface area contributed by atoms with Crippen LogP contribution in [-0.2, 0) is 13.6 Å². The topological polar surface area (TPSA) is 35.5 Å². The van der Waals surface area contributed by atoms with Crippen molar-refractivity contribution in [1.82, 2.24) is 0 Å². The molecule has 1 atom stereocenters. The summed E-state index contributed by atoms with van der Waals surface area (Å²) in [5, 5.41) is 0. The minimum Gasteiger partial charge on any atom is -0.309 e. The number of alkyl halides is 3. The van der Waals surface area contributed by atoms with Crippen LogP contribution in [0.3, 0.4) is 0 Å². The molecular formula is C5H7F4O3P. The van der Waals surface area contributed by atoms with Crippen LogP contribution in [0.5, 0.6) is 0 Å². The Hall–Kier alpha value is -0.390. The van der Waals surface area contributed by atoms with Gasteiger partial charge in [0, 0.05) is 7.11 Å². The van der Waals surface area contributed by atoms with Gasteiger partial charge in [-0.1, -0.05) is 0 Å². The van der Waals surface area contributed by atoms with Crippen molar-refractivity contribution in [2.24, 2.45) is 0 Å². The third-order valence-corrected chi connectivity index (χ3v) is 2.38. The van der Waals surface area contributed by atoms with Crippen LogP contribution in [0.15, 0.2) is 12.1 Å². The first-order valence-electron chi connectivity index (χ1n) is 2.97. The van der Waals surface area contributed by atoms with Gasteiger partial charge in [-0.15, -0.1) is 0 Å². The maximum absolute atomic E-state index is 11.5. The first kappa shape index (κ1) is 12.6. The molecule has 78 valence electrons. The molecule has 0 aromatic carbocycles. The molecule has 1 unspecified atom stereocenters. The fourth-order valence-electron chi connectivity index (χ4n) is 0.389. The first-order chi connectivity index (χ1) is 5.83. The molecule has 0 aromatic heterocycles. The van der Waals surface area contributed by atoms with Gasteiger partial charge in [-0.25, -0.2) is 4.39 Å². The predicted octanol–water partition coefficient (Wildman–Crippen LogP) is 2.85. The van der Waals surface area contributed by atoms with Crippen LogP contribution in [0.2, 0.25) is 0 Å². The second kappa shape index (κ2) is 4.74. The first-order valence-corrected chi connectivity index (χ1v) is 4.59. The molecule has 0 saturated carbocycles. The minimum atomic E-state index is -4.63. The SMILES string of the molecule is COP(=O)(C=CF)OCC(F)(F)F. The van der Waals surface area contributed by atoms with E-state index in [2.05, 4.69) is 9.05 Å². The van der Waals surface area contributed by atoms with E-state index in [0.29, 0.717) is 5.82 Å². The number of halogens is 4. The Kier molecular flexibility index (Phi) is 4.60. The summed E-state index contributed by atoms with van der Waals surface area (Å²) >= 11 is 0. The van der Waals surface area contributed by atoms with Crippen molar-refractivity contribution in [3.63, 3.8) is 0 Å². The lowest BCUT2D eigenvalue weighted by atomic mass is 10.7. The van der Waals surface area contributed by atoms with Gasteiger partial charge in [-0.3, -0.25) is 9.09 Å². The quantitative estimate of drug-likeness (QED) is 0.541. The van der Waals surface area contributed by atoms with Crippen molar-refractivity contribution in [2.75, 3.05) is 13.7 Å². The van der Waals surface area contributed by atoms with E-state index in [-0.39, 0.29) is 6.33 Å². The molecule has 0 rings (SSSR count). The number of hydrogen-bond donors (Lipinski definition) is 0. The summed E-state index contributed by atoms with van der Waals surface area (Å²) in [6.45, 7) is -1.75. The third kappa shape index (κ3) is 5.79. The lowest BCUT2D eigenvalue weighted by molar-refractivity contribution is -0.154. The molecule has 0 N–H and O–H groups in total. The van der Waals surface area contributed by atoms with E-state index in [1.165, 1.54) is 0 Å². The van der Waals surface area contributed by atoms with Crippen molar-refractivity contribution >= 4 is 7.60 Å². The van der Waals surface area contributed by atoms with E-state index in [9.17, 15) is 22.1 Å². The van der Waals surface area contributed by atoms with Crippen molar-refractivity contribution in [1.29, 1.82) is 0 Å². The Balaban J connectivity index is 4.23. The smallest absolute Gasteiger partial charge is 0.309 e. The Morgan fingerprint density at radius 3 is 2.31 bits per heavy atom. The van der Waals surface area contributed by atoms with Gasteiger partial charge in [-0.2, -0.15) is 13.2 Å². The highest BCUT2D eigenvalue weighted by molar-refractivity contribution is 7.57. The van der Waals surface area contributed by atoms with Crippen LogP contribution in [-0.4, -0.2) is 19.9 Å². The molecule has 0 aliphatic heterocycles. The maximum Gasteiger partial charge on any atom is 0.412 e. The maximum atomic E-state index is 11.5. The Morgan fingerprint density at radius 1 is 1.46 bits per heavy atom. The van der Waals surface area contributed by atoms with Gasteiger partial charge >= 0.3 is 13.8 Å². The van der Waals surface area contributed by atoms with Gasteiger partial charge in [0.2, 0.25) is 0 Å². The second-order valence-corrected chi connectivity index (χ2v) is 3.89. The average Bonchev–Trinajstić information content (AvgIpc) is 2.01. The molecule has 0 fully saturated rings. The molecule has 3 nitrogen and oxygen atoms in total. The molecule has 0 amide bonds. The van der Waals surface area contributed by atoms with E-state index in [4.69, 9.17) is 0 Å². The van der Waals surface area contributed by atoms with Crippen LogP contribution < -0.4 is 0 Å². The Morgan fingerprint density at radius 2 is 2.00 bits per heavy atom. The monoisotopic (exact) mass is 222 g/mol. The van der Waals surface area contributed by atoms with Crippen LogP contribution >= 0.6 is 7.60 Å². The number of hydrogen-bond acceptors (Lipinski definition) is 3. The van der Waals surface area contributed by atoms with Gasteiger partial charge in [0.1, 0.15) is 0 Å². The van der Waals surface area contributed by atoms with Crippen LogP contribution in [0.1, 0.15) is 0 Å². The molecule has 0 saturated heterocycles. The van der Waals surface area contributed by atoms with E-state index < -0.39 is 20.4 Å². The van der Waals surface area contributed by atoms with Gasteiger partial charge in [0.05, 0.1) is 12.1 Å². The lowest BCUT2D eigenvalue weighted by Gasteiger charge is -2.13. The number of rotatable bonds is 4. The van der Waals surface area contributed by atoms with Crippen LogP contribution in [0.25, 0.3) is 0 Å². The fraction of sp³-hybridized carbons (Fsp3) is 0.600. The Bertz CT molecular complexity index is 224. The van der Waals surface area contributed by atoms with Crippen LogP contribution in [0.4, 0.5) is 17.6 Å². The lowest BCUT2D eigenvalue weighted by Crippen LogP contribution is -2.15. The molecule has 0 spiro atoms. The van der Waals surface area contributed by atoms with Gasteiger partial charge in [0.25, 0.3) is 0 Å². The highest BCUT2D eigenvalue weighted by Crippen LogP contribution is 2.49. The summed E-state index contributed by atoms with van der Waals surface area (Å²) in [5.41, 5.74) is 0. The fourth-order valence-corrected chi connectivity index (χ4v) is 1.17. The Labute approximate surface area is 71.9 Å². The summed E-state index contributed by atoms with van der Waals surface area (Å²) in [4.78, 5) is 0.